The smallest absolute Gasteiger partial charge is 0.142 e. The van der Waals surface area contributed by atoms with Crippen molar-refractivity contribution in [2.45, 2.75) is 0 Å². The highest BCUT2D eigenvalue weighted by Gasteiger charge is 2.11. The third-order valence-electron chi connectivity index (χ3n) is 3.17. The number of methoxy groups -OCH3 is 2. The third-order valence-corrected chi connectivity index (χ3v) is 4.29. The summed E-state index contributed by atoms with van der Waals surface area (Å²) in [6, 6.07) is 7.78. The van der Waals surface area contributed by atoms with Gasteiger partial charge in [0.05, 0.1) is 25.6 Å². The predicted octanol–water partition coefficient (Wildman–Crippen LogP) is 3.24. The Morgan fingerprint density at radius 1 is 0.789 bits per heavy atom. The van der Waals surface area contributed by atoms with E-state index in [0.29, 0.717) is 22.9 Å². The second kappa shape index (κ2) is 4.20. The Balaban J connectivity index is 2.41. The lowest BCUT2D eigenvalue weighted by Gasteiger charge is -2.05. The average molecular weight is 274 g/mol. The molecule has 4 nitrogen and oxygen atoms in total. The monoisotopic (exact) mass is 274 g/mol. The molecule has 3 rings (SSSR count). The lowest BCUT2D eigenvalue weighted by molar-refractivity contribution is 0.417. The maximum atomic E-state index is 5.94. The number of thiophene rings is 1. The standard InChI is InChI=1S/C14H14N2O2S/c1-17-11-3-7-8-4-12(18-2)10(16)6-14(8)19-13(7)5-9(11)15/h3-6H,15-16H2,1-2H3. The van der Waals surface area contributed by atoms with Crippen molar-refractivity contribution in [2.75, 3.05) is 25.7 Å². The van der Waals surface area contributed by atoms with Crippen LogP contribution in [0.25, 0.3) is 20.2 Å². The average Bonchev–Trinajstić information content (AvgIpc) is 2.72. The zero-order valence-corrected chi connectivity index (χ0v) is 11.5. The molecule has 0 amide bonds. The molecule has 0 bridgehead atoms. The lowest BCUT2D eigenvalue weighted by atomic mass is 10.1. The Bertz CT molecular complexity index is 716. The van der Waals surface area contributed by atoms with Gasteiger partial charge in [-0.1, -0.05) is 0 Å². The first-order valence-electron chi connectivity index (χ1n) is 5.77. The van der Waals surface area contributed by atoms with Crippen LogP contribution in [0.5, 0.6) is 11.5 Å². The zero-order valence-electron chi connectivity index (χ0n) is 10.7. The molecular formula is C14H14N2O2S. The number of fused-ring (bicyclic) bond motifs is 3. The number of ether oxygens (including phenoxy) is 2. The van der Waals surface area contributed by atoms with E-state index in [1.54, 1.807) is 25.6 Å². The molecule has 98 valence electrons. The van der Waals surface area contributed by atoms with Gasteiger partial charge >= 0.3 is 0 Å². The molecule has 0 aliphatic rings. The quantitative estimate of drug-likeness (QED) is 0.704. The maximum absolute atomic E-state index is 5.94. The number of benzene rings is 2. The fraction of sp³-hybridized carbons (Fsp3) is 0.143. The van der Waals surface area contributed by atoms with Gasteiger partial charge in [0.1, 0.15) is 11.5 Å². The molecule has 0 atom stereocenters. The molecule has 4 N–H and O–H groups in total. The van der Waals surface area contributed by atoms with Crippen LogP contribution in [0.2, 0.25) is 0 Å². The molecular weight excluding hydrogens is 260 g/mol. The second-order valence-electron chi connectivity index (χ2n) is 4.28. The highest BCUT2D eigenvalue weighted by molar-refractivity contribution is 7.25. The summed E-state index contributed by atoms with van der Waals surface area (Å²) in [5.41, 5.74) is 13.2. The van der Waals surface area contributed by atoms with E-state index in [1.165, 1.54) is 0 Å². The van der Waals surface area contributed by atoms with Crippen LogP contribution in [0.15, 0.2) is 24.3 Å². The van der Waals surface area contributed by atoms with Crippen LogP contribution < -0.4 is 20.9 Å². The van der Waals surface area contributed by atoms with E-state index < -0.39 is 0 Å². The summed E-state index contributed by atoms with van der Waals surface area (Å²) >= 11 is 1.66. The van der Waals surface area contributed by atoms with Crippen LogP contribution in [-0.4, -0.2) is 14.2 Å². The first-order valence-corrected chi connectivity index (χ1v) is 6.59. The Morgan fingerprint density at radius 3 is 1.58 bits per heavy atom. The Morgan fingerprint density at radius 2 is 1.21 bits per heavy atom. The molecule has 0 unspecified atom stereocenters. The van der Waals surface area contributed by atoms with Gasteiger partial charge in [0.25, 0.3) is 0 Å². The molecule has 3 aromatic rings. The maximum Gasteiger partial charge on any atom is 0.142 e. The summed E-state index contributed by atoms with van der Waals surface area (Å²) in [7, 11) is 3.23. The number of anilines is 2. The van der Waals surface area contributed by atoms with E-state index in [2.05, 4.69) is 0 Å². The van der Waals surface area contributed by atoms with Crippen LogP contribution in [0.3, 0.4) is 0 Å². The largest absolute Gasteiger partial charge is 0.495 e. The minimum absolute atomic E-state index is 0.640. The lowest BCUT2D eigenvalue weighted by Crippen LogP contribution is -1.92. The van der Waals surface area contributed by atoms with Crippen LogP contribution in [0.4, 0.5) is 11.4 Å². The van der Waals surface area contributed by atoms with Crippen LogP contribution >= 0.6 is 11.3 Å². The molecule has 0 saturated carbocycles. The van der Waals surface area contributed by atoms with Gasteiger partial charge in [-0.3, -0.25) is 0 Å². The Hall–Kier alpha value is -2.14. The van der Waals surface area contributed by atoms with E-state index >= 15 is 0 Å². The van der Waals surface area contributed by atoms with Gasteiger partial charge in [-0.25, -0.2) is 0 Å². The number of rotatable bonds is 2. The molecule has 0 radical (unpaired) electrons. The van der Waals surface area contributed by atoms with E-state index in [4.69, 9.17) is 20.9 Å². The summed E-state index contributed by atoms with van der Waals surface area (Å²) < 4.78 is 12.8. The molecule has 1 aromatic heterocycles. The number of nitrogens with two attached hydrogens (primary N) is 2. The van der Waals surface area contributed by atoms with Gasteiger partial charge in [-0.05, 0) is 24.3 Å². The van der Waals surface area contributed by atoms with Crippen molar-refractivity contribution in [3.63, 3.8) is 0 Å². The van der Waals surface area contributed by atoms with E-state index in [1.807, 2.05) is 24.3 Å². The minimum atomic E-state index is 0.640. The summed E-state index contributed by atoms with van der Waals surface area (Å²) in [5, 5.41) is 2.20. The van der Waals surface area contributed by atoms with Gasteiger partial charge in [0.15, 0.2) is 0 Å². The van der Waals surface area contributed by atoms with Crippen molar-refractivity contribution in [2.24, 2.45) is 0 Å². The molecule has 0 aliphatic heterocycles. The van der Waals surface area contributed by atoms with Crippen molar-refractivity contribution in [3.05, 3.63) is 24.3 Å². The van der Waals surface area contributed by atoms with Crippen LogP contribution in [0, 0.1) is 0 Å². The molecule has 5 heteroatoms. The summed E-state index contributed by atoms with van der Waals surface area (Å²) in [5.74, 6) is 1.37. The fourth-order valence-electron chi connectivity index (χ4n) is 2.21. The second-order valence-corrected chi connectivity index (χ2v) is 5.37. The topological polar surface area (TPSA) is 70.5 Å². The number of hydrogen-bond acceptors (Lipinski definition) is 5. The summed E-state index contributed by atoms with van der Waals surface area (Å²) in [6.07, 6.45) is 0. The number of nitrogen functional groups attached to an aromatic ring is 2. The molecule has 1 heterocycles. The van der Waals surface area contributed by atoms with Gasteiger partial charge in [0, 0.05) is 20.2 Å². The molecule has 0 spiro atoms. The van der Waals surface area contributed by atoms with Gasteiger partial charge in [-0.15, -0.1) is 11.3 Å². The van der Waals surface area contributed by atoms with Gasteiger partial charge in [-0.2, -0.15) is 0 Å². The number of hydrogen-bond donors (Lipinski definition) is 2. The van der Waals surface area contributed by atoms with E-state index in [0.717, 1.165) is 20.2 Å². The fourth-order valence-corrected chi connectivity index (χ4v) is 3.38. The Labute approximate surface area is 114 Å². The summed E-state index contributed by atoms with van der Waals surface area (Å²) in [6.45, 7) is 0. The molecule has 0 aliphatic carbocycles. The SMILES string of the molecule is COc1cc2c(cc1N)sc1cc(N)c(OC)cc12. The van der Waals surface area contributed by atoms with Crippen molar-refractivity contribution in [1.82, 2.24) is 0 Å². The predicted molar refractivity (Wildman–Crippen MR) is 81.3 cm³/mol. The molecule has 0 fully saturated rings. The highest BCUT2D eigenvalue weighted by Crippen LogP contribution is 2.41. The van der Waals surface area contributed by atoms with Crippen molar-refractivity contribution < 1.29 is 9.47 Å². The first kappa shape index (κ1) is 11.9. The highest BCUT2D eigenvalue weighted by atomic mass is 32.1. The molecule has 2 aromatic carbocycles. The Kier molecular flexibility index (Phi) is 2.64. The van der Waals surface area contributed by atoms with Crippen molar-refractivity contribution >= 4 is 42.9 Å². The van der Waals surface area contributed by atoms with Crippen molar-refractivity contribution in [3.8, 4) is 11.5 Å². The zero-order chi connectivity index (χ0) is 13.6. The summed E-state index contributed by atoms with van der Waals surface area (Å²) in [4.78, 5) is 0. The van der Waals surface area contributed by atoms with E-state index in [-0.39, 0.29) is 0 Å². The van der Waals surface area contributed by atoms with Gasteiger partial charge < -0.3 is 20.9 Å². The molecule has 19 heavy (non-hydrogen) atoms. The molecule has 0 saturated heterocycles. The third kappa shape index (κ3) is 1.74. The normalized spacial score (nSPS) is 11.1. The van der Waals surface area contributed by atoms with Crippen molar-refractivity contribution in [1.29, 1.82) is 0 Å². The van der Waals surface area contributed by atoms with Crippen LogP contribution in [0.1, 0.15) is 0 Å². The van der Waals surface area contributed by atoms with Crippen LogP contribution in [-0.2, 0) is 0 Å². The van der Waals surface area contributed by atoms with Gasteiger partial charge in [0.2, 0.25) is 0 Å². The van der Waals surface area contributed by atoms with E-state index in [9.17, 15) is 0 Å². The first-order chi connectivity index (χ1) is 9.13. The minimum Gasteiger partial charge on any atom is -0.495 e.